The minimum atomic E-state index is -0.945. The van der Waals surface area contributed by atoms with Crippen molar-refractivity contribution >= 4 is 22.8 Å². The van der Waals surface area contributed by atoms with Crippen LogP contribution in [-0.4, -0.2) is 17.9 Å². The van der Waals surface area contributed by atoms with E-state index in [1.807, 2.05) is 43.3 Å². The molecule has 1 aliphatic carbocycles. The Labute approximate surface area is 157 Å². The molecule has 1 N–H and O–H groups in total. The molecule has 1 atom stereocenters. The highest BCUT2D eigenvalue weighted by atomic mass is 16.5. The zero-order chi connectivity index (χ0) is 18.8. The van der Waals surface area contributed by atoms with E-state index in [9.17, 15) is 9.59 Å². The van der Waals surface area contributed by atoms with E-state index in [1.54, 1.807) is 18.4 Å². The number of amides is 1. The predicted octanol–water partition coefficient (Wildman–Crippen LogP) is 3.85. The van der Waals surface area contributed by atoms with Gasteiger partial charge in [-0.05, 0) is 31.4 Å². The summed E-state index contributed by atoms with van der Waals surface area (Å²) >= 11 is 0. The number of carbonyl (C=O) groups is 2. The third-order valence-electron chi connectivity index (χ3n) is 4.66. The van der Waals surface area contributed by atoms with Gasteiger partial charge in [0.05, 0.1) is 12.7 Å². The van der Waals surface area contributed by atoms with Crippen molar-refractivity contribution in [3.63, 3.8) is 0 Å². The lowest BCUT2D eigenvalue weighted by atomic mass is 10.1. The van der Waals surface area contributed by atoms with Crippen molar-refractivity contribution in [3.05, 3.63) is 71.5 Å². The van der Waals surface area contributed by atoms with Gasteiger partial charge in [0.15, 0.2) is 0 Å². The molecular weight excluding hydrogens is 342 g/mol. The average Bonchev–Trinajstić information content (AvgIpc) is 3.40. The van der Waals surface area contributed by atoms with Crippen molar-refractivity contribution in [3.8, 4) is 0 Å². The monoisotopic (exact) mass is 363 g/mol. The molecule has 1 aliphatic rings. The van der Waals surface area contributed by atoms with E-state index < -0.39 is 12.1 Å². The van der Waals surface area contributed by atoms with Gasteiger partial charge in [0, 0.05) is 22.6 Å². The third kappa shape index (κ3) is 4.03. The van der Waals surface area contributed by atoms with Crippen LogP contribution in [0.2, 0.25) is 0 Å². The summed E-state index contributed by atoms with van der Waals surface area (Å²) in [4.78, 5) is 25.1. The Morgan fingerprint density at radius 3 is 2.70 bits per heavy atom. The molecule has 0 unspecified atom stereocenters. The summed E-state index contributed by atoms with van der Waals surface area (Å²) in [5, 5.41) is 3.80. The van der Waals surface area contributed by atoms with E-state index in [1.165, 1.54) is 0 Å². The minimum Gasteiger partial charge on any atom is -0.464 e. The Balaban J connectivity index is 1.51. The van der Waals surface area contributed by atoms with Crippen LogP contribution in [0.3, 0.4) is 0 Å². The van der Waals surface area contributed by atoms with Crippen molar-refractivity contribution in [2.75, 3.05) is 0 Å². The molecule has 1 amide bonds. The highest BCUT2D eigenvalue weighted by molar-refractivity contribution is 5.88. The van der Waals surface area contributed by atoms with Gasteiger partial charge in [0.2, 0.25) is 6.10 Å². The number of fused-ring (bicyclic) bond motifs is 1. The summed E-state index contributed by atoms with van der Waals surface area (Å²) in [5.74, 6) is -0.734. The van der Waals surface area contributed by atoms with Crippen molar-refractivity contribution in [1.82, 2.24) is 5.32 Å². The fourth-order valence-corrected chi connectivity index (χ4v) is 3.06. The van der Waals surface area contributed by atoms with Crippen molar-refractivity contribution in [2.45, 2.75) is 38.3 Å². The fourth-order valence-electron chi connectivity index (χ4n) is 3.06. The lowest BCUT2D eigenvalue weighted by Crippen LogP contribution is -2.33. The first kappa shape index (κ1) is 17.3. The summed E-state index contributed by atoms with van der Waals surface area (Å²) in [6, 6.07) is 15.1. The second kappa shape index (κ2) is 7.27. The van der Waals surface area contributed by atoms with Gasteiger partial charge in [-0.3, -0.25) is 9.59 Å². The molecule has 1 fully saturated rings. The maximum Gasteiger partial charge on any atom is 0.311 e. The van der Waals surface area contributed by atoms with E-state index in [0.29, 0.717) is 5.56 Å². The quantitative estimate of drug-likeness (QED) is 0.676. The van der Waals surface area contributed by atoms with Crippen LogP contribution in [0, 0.1) is 6.92 Å². The van der Waals surface area contributed by atoms with E-state index in [-0.39, 0.29) is 18.4 Å². The maximum atomic E-state index is 12.6. The summed E-state index contributed by atoms with van der Waals surface area (Å²) in [6.45, 7) is 1.98. The highest BCUT2D eigenvalue weighted by Crippen LogP contribution is 2.26. The molecule has 3 aromatic rings. The van der Waals surface area contributed by atoms with Crippen LogP contribution in [0.4, 0.5) is 0 Å². The predicted molar refractivity (Wildman–Crippen MR) is 101 cm³/mol. The molecule has 1 aromatic heterocycles. The number of rotatable bonds is 6. The molecule has 0 radical (unpaired) electrons. The third-order valence-corrected chi connectivity index (χ3v) is 4.66. The van der Waals surface area contributed by atoms with Crippen LogP contribution < -0.4 is 5.32 Å². The number of benzene rings is 2. The largest absolute Gasteiger partial charge is 0.464 e. The van der Waals surface area contributed by atoms with E-state index >= 15 is 0 Å². The Morgan fingerprint density at radius 2 is 1.96 bits per heavy atom. The zero-order valence-corrected chi connectivity index (χ0v) is 15.1. The first-order valence-corrected chi connectivity index (χ1v) is 9.11. The summed E-state index contributed by atoms with van der Waals surface area (Å²) < 4.78 is 11.1. The van der Waals surface area contributed by atoms with E-state index in [0.717, 1.165) is 34.9 Å². The number of hydrogen-bond acceptors (Lipinski definition) is 4. The molecule has 0 aliphatic heterocycles. The summed E-state index contributed by atoms with van der Waals surface area (Å²) in [5.41, 5.74) is 3.25. The van der Waals surface area contributed by atoms with Crippen molar-refractivity contribution in [2.24, 2.45) is 0 Å². The second-order valence-electron chi connectivity index (χ2n) is 7.00. The van der Waals surface area contributed by atoms with Crippen molar-refractivity contribution in [1.29, 1.82) is 0 Å². The first-order chi connectivity index (χ1) is 13.1. The lowest BCUT2D eigenvalue weighted by Gasteiger charge is -2.18. The summed E-state index contributed by atoms with van der Waals surface area (Å²) in [7, 11) is 0. The standard InChI is InChI=1S/C22H21NO4/c1-14-7-10-18-16(13-26-19(18)11-14)12-20(24)27-21(15-5-3-2-4-6-15)22(25)23-17-8-9-17/h2-7,10-11,13,17,21H,8-9,12H2,1H3,(H,23,25)/t21-/m1/s1. The molecule has 5 heteroatoms. The van der Waals surface area contributed by atoms with Gasteiger partial charge in [-0.1, -0.05) is 42.5 Å². The number of esters is 1. The molecular formula is C22H21NO4. The van der Waals surface area contributed by atoms with Crippen LogP contribution in [-0.2, 0) is 20.7 Å². The number of nitrogens with one attached hydrogen (secondary N) is 1. The Kier molecular flexibility index (Phi) is 4.67. The molecule has 1 heterocycles. The molecule has 4 rings (SSSR count). The molecule has 0 bridgehead atoms. The van der Waals surface area contributed by atoms with E-state index in [4.69, 9.17) is 9.15 Å². The van der Waals surface area contributed by atoms with E-state index in [2.05, 4.69) is 5.32 Å². The van der Waals surface area contributed by atoms with Gasteiger partial charge in [-0.15, -0.1) is 0 Å². The lowest BCUT2D eigenvalue weighted by molar-refractivity contribution is -0.155. The number of aryl methyl sites for hydroxylation is 1. The number of ether oxygens (including phenoxy) is 1. The topological polar surface area (TPSA) is 68.5 Å². The maximum absolute atomic E-state index is 12.6. The zero-order valence-electron chi connectivity index (χ0n) is 15.1. The van der Waals surface area contributed by atoms with Gasteiger partial charge < -0.3 is 14.5 Å². The average molecular weight is 363 g/mol. The normalized spacial score (nSPS) is 14.7. The SMILES string of the molecule is Cc1ccc2c(CC(=O)O[C@@H](C(=O)NC3CC3)c3ccccc3)coc2c1. The molecule has 2 aromatic carbocycles. The first-order valence-electron chi connectivity index (χ1n) is 9.11. The van der Waals surface area contributed by atoms with Crippen LogP contribution in [0.5, 0.6) is 0 Å². The van der Waals surface area contributed by atoms with Gasteiger partial charge >= 0.3 is 5.97 Å². The fraction of sp³-hybridized carbons (Fsp3) is 0.273. The summed E-state index contributed by atoms with van der Waals surface area (Å²) in [6.07, 6.45) is 2.63. The second-order valence-corrected chi connectivity index (χ2v) is 7.00. The van der Waals surface area contributed by atoms with Crippen LogP contribution >= 0.6 is 0 Å². The van der Waals surface area contributed by atoms with Crippen LogP contribution in [0.1, 0.15) is 35.6 Å². The number of furan rings is 1. The van der Waals surface area contributed by atoms with Gasteiger partial charge in [0.25, 0.3) is 5.91 Å². The molecule has 27 heavy (non-hydrogen) atoms. The number of carbonyl (C=O) groups excluding carboxylic acids is 2. The Bertz CT molecular complexity index is 972. The smallest absolute Gasteiger partial charge is 0.311 e. The number of hydrogen-bond donors (Lipinski definition) is 1. The Hall–Kier alpha value is -3.08. The minimum absolute atomic E-state index is 0.0517. The molecule has 5 nitrogen and oxygen atoms in total. The van der Waals surface area contributed by atoms with Gasteiger partial charge in [-0.25, -0.2) is 0 Å². The van der Waals surface area contributed by atoms with Gasteiger partial charge in [0.1, 0.15) is 5.58 Å². The highest BCUT2D eigenvalue weighted by Gasteiger charge is 2.31. The molecule has 1 saturated carbocycles. The molecule has 0 saturated heterocycles. The molecule has 0 spiro atoms. The van der Waals surface area contributed by atoms with Crippen LogP contribution in [0.25, 0.3) is 11.0 Å². The van der Waals surface area contributed by atoms with Crippen LogP contribution in [0.15, 0.2) is 59.2 Å². The van der Waals surface area contributed by atoms with Gasteiger partial charge in [-0.2, -0.15) is 0 Å². The van der Waals surface area contributed by atoms with Crippen molar-refractivity contribution < 1.29 is 18.7 Å². The Morgan fingerprint density at radius 1 is 1.19 bits per heavy atom. The molecule has 138 valence electrons.